The molecule has 3 aromatic rings. The highest BCUT2D eigenvalue weighted by molar-refractivity contribution is 6.30. The molecule has 0 aliphatic carbocycles. The lowest BCUT2D eigenvalue weighted by atomic mass is 9.62. The van der Waals surface area contributed by atoms with E-state index in [1.807, 2.05) is 31.2 Å². The Morgan fingerprint density at radius 2 is 2.00 bits per heavy atom. The molecule has 216 valence electrons. The average Bonchev–Trinajstić information content (AvgIpc) is 3.58. The summed E-state index contributed by atoms with van der Waals surface area (Å²) in [5, 5.41) is 13.5. The Hall–Kier alpha value is -3.18. The van der Waals surface area contributed by atoms with Crippen LogP contribution in [0.15, 0.2) is 48.7 Å². The number of rotatable bonds is 5. The van der Waals surface area contributed by atoms with E-state index in [4.69, 9.17) is 21.3 Å². The molecule has 3 aliphatic rings. The van der Waals surface area contributed by atoms with Gasteiger partial charge < -0.3 is 15.0 Å². The van der Waals surface area contributed by atoms with Gasteiger partial charge in [0, 0.05) is 42.8 Å². The number of fused-ring (bicyclic) bond motifs is 2. The normalized spacial score (nSPS) is 22.0. The maximum Gasteiger partial charge on any atom is 0.222 e. The zero-order valence-corrected chi connectivity index (χ0v) is 25.3. The summed E-state index contributed by atoms with van der Waals surface area (Å²) in [5.41, 5.74) is 5.99. The molecule has 0 bridgehead atoms. The summed E-state index contributed by atoms with van der Waals surface area (Å²) in [4.78, 5) is 14.4. The minimum atomic E-state index is 0.0238. The van der Waals surface area contributed by atoms with Crippen LogP contribution in [0.25, 0.3) is 11.3 Å². The fourth-order valence-corrected chi connectivity index (χ4v) is 6.98. The van der Waals surface area contributed by atoms with E-state index in [1.54, 1.807) is 12.3 Å². The van der Waals surface area contributed by atoms with Gasteiger partial charge in [0.1, 0.15) is 6.07 Å². The molecule has 0 amide bonds. The van der Waals surface area contributed by atoms with Gasteiger partial charge in [-0.3, -0.25) is 9.88 Å². The van der Waals surface area contributed by atoms with Crippen LogP contribution in [0.4, 0.5) is 5.69 Å². The lowest BCUT2D eigenvalue weighted by Crippen LogP contribution is -2.57. The molecule has 1 spiro atoms. The summed E-state index contributed by atoms with van der Waals surface area (Å²) < 4.78 is 5.78. The lowest BCUT2D eigenvalue weighted by Gasteiger charge is -2.53. The first kappa shape index (κ1) is 29.3. The smallest absolute Gasteiger partial charge is 0.222 e. The van der Waals surface area contributed by atoms with E-state index in [9.17, 15) is 5.26 Å². The molecule has 2 fully saturated rings. The highest BCUT2D eigenvalue weighted by Crippen LogP contribution is 2.47. The Bertz CT molecular complexity index is 1380. The SMILES string of the molecule is C1CCNC1.CCOc1ncccc1-c1ccc2c(n1)CN(C)CC21CCN(c2ccc(Cl)cc2C#N)CC1CC. The predicted molar refractivity (Wildman–Crippen MR) is 166 cm³/mol. The minimum absolute atomic E-state index is 0.0238. The van der Waals surface area contributed by atoms with Crippen LogP contribution < -0.4 is 15.0 Å². The van der Waals surface area contributed by atoms with Gasteiger partial charge in [0.05, 0.1) is 34.8 Å². The second-order valence-corrected chi connectivity index (χ2v) is 11.8. The third-order valence-corrected chi connectivity index (χ3v) is 8.97. The highest BCUT2D eigenvalue weighted by atomic mass is 35.5. The molecule has 1 N–H and O–H groups in total. The molecule has 6 rings (SSSR count). The Morgan fingerprint density at radius 1 is 1.17 bits per heavy atom. The summed E-state index contributed by atoms with van der Waals surface area (Å²) in [6.07, 6.45) is 6.60. The maximum absolute atomic E-state index is 9.71. The monoisotopic (exact) mass is 572 g/mol. The maximum atomic E-state index is 9.71. The van der Waals surface area contributed by atoms with Gasteiger partial charge in [-0.2, -0.15) is 5.26 Å². The summed E-state index contributed by atoms with van der Waals surface area (Å²) in [6, 6.07) is 16.4. The Balaban J connectivity index is 0.000000610. The Morgan fingerprint density at radius 3 is 2.71 bits per heavy atom. The van der Waals surface area contributed by atoms with E-state index < -0.39 is 0 Å². The number of halogens is 1. The molecular formula is C33H41ClN6O. The first-order valence-electron chi connectivity index (χ1n) is 14.9. The predicted octanol–water partition coefficient (Wildman–Crippen LogP) is 6.06. The molecule has 2 saturated heterocycles. The lowest BCUT2D eigenvalue weighted by molar-refractivity contribution is 0.121. The molecule has 3 aliphatic heterocycles. The molecule has 2 aromatic heterocycles. The van der Waals surface area contributed by atoms with Crippen LogP contribution in [0.1, 0.15) is 56.4 Å². The fraction of sp³-hybridized carbons (Fsp3) is 0.485. The number of nitriles is 1. The van der Waals surface area contributed by atoms with E-state index in [2.05, 4.69) is 52.3 Å². The van der Waals surface area contributed by atoms with Crippen molar-refractivity contribution < 1.29 is 4.74 Å². The number of likely N-dealkylation sites (N-methyl/N-ethyl adjacent to an activating group) is 1. The van der Waals surface area contributed by atoms with Crippen molar-refractivity contribution in [1.82, 2.24) is 20.2 Å². The van der Waals surface area contributed by atoms with Crippen LogP contribution in [-0.4, -0.2) is 61.2 Å². The van der Waals surface area contributed by atoms with Crippen molar-refractivity contribution in [3.63, 3.8) is 0 Å². The number of benzene rings is 1. The largest absolute Gasteiger partial charge is 0.477 e. The van der Waals surface area contributed by atoms with Crippen molar-refractivity contribution >= 4 is 17.3 Å². The molecule has 0 saturated carbocycles. The van der Waals surface area contributed by atoms with E-state index in [0.717, 1.165) is 61.7 Å². The van der Waals surface area contributed by atoms with Crippen molar-refractivity contribution in [3.8, 4) is 23.2 Å². The number of anilines is 1. The van der Waals surface area contributed by atoms with Gasteiger partial charge in [-0.1, -0.05) is 31.0 Å². The van der Waals surface area contributed by atoms with Crippen LogP contribution in [-0.2, 0) is 12.0 Å². The van der Waals surface area contributed by atoms with Gasteiger partial charge in [0.15, 0.2) is 0 Å². The molecule has 2 atom stereocenters. The topological polar surface area (TPSA) is 77.3 Å². The number of piperidine rings is 1. The molecule has 41 heavy (non-hydrogen) atoms. The molecule has 5 heterocycles. The van der Waals surface area contributed by atoms with Crippen LogP contribution in [0.5, 0.6) is 5.88 Å². The van der Waals surface area contributed by atoms with Crippen LogP contribution in [0.2, 0.25) is 5.02 Å². The third-order valence-electron chi connectivity index (χ3n) is 8.73. The molecule has 2 unspecified atom stereocenters. The van der Waals surface area contributed by atoms with Gasteiger partial charge in [0.25, 0.3) is 0 Å². The van der Waals surface area contributed by atoms with Gasteiger partial charge >= 0.3 is 0 Å². The van der Waals surface area contributed by atoms with Crippen molar-refractivity contribution in [1.29, 1.82) is 5.26 Å². The number of nitrogens with one attached hydrogen (secondary N) is 1. The van der Waals surface area contributed by atoms with E-state index in [0.29, 0.717) is 29.0 Å². The number of hydrogen-bond acceptors (Lipinski definition) is 7. The summed E-state index contributed by atoms with van der Waals surface area (Å²) >= 11 is 6.17. The second-order valence-electron chi connectivity index (χ2n) is 11.3. The van der Waals surface area contributed by atoms with Crippen molar-refractivity contribution in [3.05, 3.63) is 70.5 Å². The molecule has 8 heteroatoms. The Kier molecular flexibility index (Phi) is 9.44. The zero-order chi connectivity index (χ0) is 28.8. The van der Waals surface area contributed by atoms with Gasteiger partial charge in [-0.05, 0) is 94.2 Å². The van der Waals surface area contributed by atoms with E-state index in [-0.39, 0.29) is 5.41 Å². The minimum Gasteiger partial charge on any atom is -0.477 e. The van der Waals surface area contributed by atoms with Crippen LogP contribution >= 0.6 is 11.6 Å². The van der Waals surface area contributed by atoms with Crippen molar-refractivity contribution in [2.45, 2.75) is 51.5 Å². The van der Waals surface area contributed by atoms with E-state index in [1.165, 1.54) is 31.5 Å². The number of pyridine rings is 2. The summed E-state index contributed by atoms with van der Waals surface area (Å²) in [6.45, 7) is 10.9. The fourth-order valence-electron chi connectivity index (χ4n) is 6.81. The number of ether oxygens (including phenoxy) is 1. The van der Waals surface area contributed by atoms with Gasteiger partial charge in [-0.25, -0.2) is 4.98 Å². The molecule has 1 aromatic carbocycles. The standard InChI is InChI=1S/C29H32ClN5O.C4H9N/c1-4-21-17-35(27-11-8-22(30)15-20(27)16-31)14-12-29(21)19-34(3)18-26-24(29)9-10-25(33-26)23-7-6-13-32-28(23)36-5-2;1-2-4-5-3-1/h6-11,13,15,21H,4-5,12,14,17-19H2,1-3H3;5H,1-4H2. The van der Waals surface area contributed by atoms with Crippen LogP contribution in [0.3, 0.4) is 0 Å². The molecule has 0 radical (unpaired) electrons. The molecule has 7 nitrogen and oxygen atoms in total. The number of hydrogen-bond donors (Lipinski definition) is 1. The van der Waals surface area contributed by atoms with Gasteiger partial charge in [0.2, 0.25) is 5.88 Å². The third kappa shape index (κ3) is 6.21. The number of nitrogens with zero attached hydrogens (tertiary/aromatic N) is 5. The first-order chi connectivity index (χ1) is 20.0. The van der Waals surface area contributed by atoms with Gasteiger partial charge in [-0.15, -0.1) is 0 Å². The molecular weight excluding hydrogens is 532 g/mol. The number of aromatic nitrogens is 2. The zero-order valence-electron chi connectivity index (χ0n) is 24.5. The quantitative estimate of drug-likeness (QED) is 0.398. The van der Waals surface area contributed by atoms with Crippen molar-refractivity contribution in [2.75, 3.05) is 51.3 Å². The second kappa shape index (κ2) is 13.2. The van der Waals surface area contributed by atoms with Crippen LogP contribution in [0, 0.1) is 17.2 Å². The first-order valence-corrected chi connectivity index (χ1v) is 15.3. The summed E-state index contributed by atoms with van der Waals surface area (Å²) in [7, 11) is 2.20. The summed E-state index contributed by atoms with van der Waals surface area (Å²) in [5.74, 6) is 1.06. The van der Waals surface area contributed by atoms with E-state index >= 15 is 0 Å². The van der Waals surface area contributed by atoms with Crippen molar-refractivity contribution in [2.24, 2.45) is 5.92 Å². The Labute approximate surface area is 249 Å². The average molecular weight is 573 g/mol. The highest BCUT2D eigenvalue weighted by Gasteiger charge is 2.48.